The Morgan fingerprint density at radius 2 is 1.95 bits per heavy atom. The number of hydrazine groups is 1. The van der Waals surface area contributed by atoms with E-state index >= 15 is 0 Å². The van der Waals surface area contributed by atoms with E-state index in [0.717, 1.165) is 27.0 Å². The predicted molar refractivity (Wildman–Crippen MR) is 88.8 cm³/mol. The molecule has 0 radical (unpaired) electrons. The fraction of sp³-hybridized carbons (Fsp3) is 0.250. The molecule has 3 N–H and O–H groups in total. The standard InChI is InChI=1S/C16H18BrClN2/c1-10-3-4-12(15(18)7-10)9-16(20-19)14-6-5-13(17)8-11(14)2/h3-8,16,20H,9,19H2,1-2H3. The van der Waals surface area contributed by atoms with Crippen LogP contribution in [0.15, 0.2) is 40.9 Å². The van der Waals surface area contributed by atoms with Crippen LogP contribution in [0.1, 0.15) is 28.3 Å². The Morgan fingerprint density at radius 3 is 2.55 bits per heavy atom. The molecule has 1 unspecified atom stereocenters. The van der Waals surface area contributed by atoms with Crippen molar-refractivity contribution in [3.8, 4) is 0 Å². The Hall–Kier alpha value is -0.870. The van der Waals surface area contributed by atoms with E-state index in [0.29, 0.717) is 0 Å². The molecule has 0 amide bonds. The summed E-state index contributed by atoms with van der Waals surface area (Å²) < 4.78 is 1.07. The maximum absolute atomic E-state index is 6.31. The van der Waals surface area contributed by atoms with Crippen molar-refractivity contribution in [1.29, 1.82) is 0 Å². The molecule has 4 heteroatoms. The molecule has 2 aromatic rings. The third-order valence-corrected chi connectivity index (χ3v) is 4.29. The van der Waals surface area contributed by atoms with Crippen LogP contribution in [-0.4, -0.2) is 0 Å². The lowest BCUT2D eigenvalue weighted by Gasteiger charge is -2.19. The van der Waals surface area contributed by atoms with Gasteiger partial charge in [-0.05, 0) is 60.7 Å². The van der Waals surface area contributed by atoms with Gasteiger partial charge in [-0.3, -0.25) is 11.3 Å². The topological polar surface area (TPSA) is 38.0 Å². The van der Waals surface area contributed by atoms with Crippen LogP contribution in [0.2, 0.25) is 5.02 Å². The smallest absolute Gasteiger partial charge is 0.0503 e. The summed E-state index contributed by atoms with van der Waals surface area (Å²) in [7, 11) is 0. The van der Waals surface area contributed by atoms with Crippen molar-refractivity contribution < 1.29 is 0 Å². The SMILES string of the molecule is Cc1ccc(CC(NN)c2ccc(Br)cc2C)c(Cl)c1. The van der Waals surface area contributed by atoms with Crippen LogP contribution in [0.25, 0.3) is 0 Å². The maximum Gasteiger partial charge on any atom is 0.0503 e. The Bertz CT molecular complexity index is 613. The van der Waals surface area contributed by atoms with Crippen LogP contribution in [0, 0.1) is 13.8 Å². The molecule has 2 nitrogen and oxygen atoms in total. The lowest BCUT2D eigenvalue weighted by atomic mass is 9.95. The van der Waals surface area contributed by atoms with E-state index in [1.165, 1.54) is 11.1 Å². The highest BCUT2D eigenvalue weighted by Gasteiger charge is 2.14. The first kappa shape index (κ1) is 15.5. The minimum absolute atomic E-state index is 0.0447. The van der Waals surface area contributed by atoms with Gasteiger partial charge in [0.15, 0.2) is 0 Å². The van der Waals surface area contributed by atoms with Gasteiger partial charge in [0.05, 0.1) is 6.04 Å². The molecule has 106 valence electrons. The van der Waals surface area contributed by atoms with E-state index in [2.05, 4.69) is 52.5 Å². The molecule has 0 aliphatic rings. The van der Waals surface area contributed by atoms with Gasteiger partial charge in [-0.15, -0.1) is 0 Å². The minimum Gasteiger partial charge on any atom is -0.271 e. The molecular weight excluding hydrogens is 336 g/mol. The summed E-state index contributed by atoms with van der Waals surface area (Å²) in [6, 6.07) is 12.4. The molecule has 2 rings (SSSR count). The van der Waals surface area contributed by atoms with Crippen molar-refractivity contribution >= 4 is 27.5 Å². The summed E-state index contributed by atoms with van der Waals surface area (Å²) in [6.45, 7) is 4.12. The number of nitrogens with one attached hydrogen (secondary N) is 1. The highest BCUT2D eigenvalue weighted by molar-refractivity contribution is 9.10. The van der Waals surface area contributed by atoms with E-state index in [-0.39, 0.29) is 6.04 Å². The monoisotopic (exact) mass is 352 g/mol. The average molecular weight is 354 g/mol. The van der Waals surface area contributed by atoms with Gasteiger partial charge in [0.25, 0.3) is 0 Å². The molecule has 0 heterocycles. The summed E-state index contributed by atoms with van der Waals surface area (Å²) in [5.74, 6) is 5.73. The highest BCUT2D eigenvalue weighted by atomic mass is 79.9. The Morgan fingerprint density at radius 1 is 1.20 bits per heavy atom. The second-order valence-electron chi connectivity index (χ2n) is 5.02. The van der Waals surface area contributed by atoms with Crippen LogP contribution < -0.4 is 11.3 Å². The third-order valence-electron chi connectivity index (χ3n) is 3.44. The number of benzene rings is 2. The molecule has 20 heavy (non-hydrogen) atoms. The van der Waals surface area contributed by atoms with Gasteiger partial charge < -0.3 is 0 Å². The molecule has 0 saturated carbocycles. The second-order valence-corrected chi connectivity index (χ2v) is 6.34. The van der Waals surface area contributed by atoms with Crippen molar-refractivity contribution in [2.75, 3.05) is 0 Å². The molecule has 2 aromatic carbocycles. The van der Waals surface area contributed by atoms with E-state index < -0.39 is 0 Å². The molecule has 0 bridgehead atoms. The van der Waals surface area contributed by atoms with Gasteiger partial charge in [-0.1, -0.05) is 45.7 Å². The van der Waals surface area contributed by atoms with Crippen LogP contribution >= 0.6 is 27.5 Å². The van der Waals surface area contributed by atoms with Crippen molar-refractivity contribution in [3.05, 3.63) is 68.1 Å². The largest absolute Gasteiger partial charge is 0.271 e. The van der Waals surface area contributed by atoms with Crippen LogP contribution in [0.4, 0.5) is 0 Å². The average Bonchev–Trinajstić information content (AvgIpc) is 2.39. The summed E-state index contributed by atoms with van der Waals surface area (Å²) >= 11 is 9.79. The molecular formula is C16H18BrClN2. The number of halogens is 2. The second kappa shape index (κ2) is 6.72. The normalized spacial score (nSPS) is 12.4. The van der Waals surface area contributed by atoms with Crippen LogP contribution in [0.3, 0.4) is 0 Å². The van der Waals surface area contributed by atoms with Gasteiger partial charge in [-0.25, -0.2) is 0 Å². The first-order chi connectivity index (χ1) is 9.51. The third kappa shape index (κ3) is 3.61. The summed E-state index contributed by atoms with van der Waals surface area (Å²) in [4.78, 5) is 0. The van der Waals surface area contributed by atoms with E-state index in [9.17, 15) is 0 Å². The number of hydrogen-bond acceptors (Lipinski definition) is 2. The quantitative estimate of drug-likeness (QED) is 0.629. The zero-order valence-electron chi connectivity index (χ0n) is 11.6. The molecule has 1 atom stereocenters. The fourth-order valence-electron chi connectivity index (χ4n) is 2.33. The zero-order valence-corrected chi connectivity index (χ0v) is 13.9. The van der Waals surface area contributed by atoms with Gasteiger partial charge >= 0.3 is 0 Å². The van der Waals surface area contributed by atoms with Gasteiger partial charge in [0.2, 0.25) is 0 Å². The minimum atomic E-state index is 0.0447. The van der Waals surface area contributed by atoms with Crippen molar-refractivity contribution in [3.63, 3.8) is 0 Å². The Labute approximate surface area is 133 Å². The van der Waals surface area contributed by atoms with Crippen molar-refractivity contribution in [2.24, 2.45) is 5.84 Å². The maximum atomic E-state index is 6.31. The van der Waals surface area contributed by atoms with Gasteiger partial charge in [0.1, 0.15) is 0 Å². The fourth-order valence-corrected chi connectivity index (χ4v) is 3.11. The van der Waals surface area contributed by atoms with Crippen LogP contribution in [0.5, 0.6) is 0 Å². The molecule has 0 spiro atoms. The van der Waals surface area contributed by atoms with Crippen LogP contribution in [-0.2, 0) is 6.42 Å². The highest BCUT2D eigenvalue weighted by Crippen LogP contribution is 2.27. The summed E-state index contributed by atoms with van der Waals surface area (Å²) in [5.41, 5.74) is 7.54. The van der Waals surface area contributed by atoms with E-state index in [1.54, 1.807) is 0 Å². The first-order valence-electron chi connectivity index (χ1n) is 6.48. The van der Waals surface area contributed by atoms with Gasteiger partial charge in [0, 0.05) is 9.50 Å². The number of nitrogens with two attached hydrogens (primary N) is 1. The lowest BCUT2D eigenvalue weighted by molar-refractivity contribution is 0.549. The van der Waals surface area contributed by atoms with Gasteiger partial charge in [-0.2, -0.15) is 0 Å². The van der Waals surface area contributed by atoms with E-state index in [1.807, 2.05) is 19.1 Å². The van der Waals surface area contributed by atoms with E-state index in [4.69, 9.17) is 17.4 Å². The molecule has 0 fully saturated rings. The van der Waals surface area contributed by atoms with Crippen molar-refractivity contribution in [2.45, 2.75) is 26.3 Å². The number of aryl methyl sites for hydroxylation is 2. The first-order valence-corrected chi connectivity index (χ1v) is 7.65. The molecule has 0 aliphatic carbocycles. The Kier molecular flexibility index (Phi) is 5.22. The summed E-state index contributed by atoms with van der Waals surface area (Å²) in [5, 5.41) is 0.792. The Balaban J connectivity index is 2.28. The predicted octanol–water partition coefficient (Wildman–Crippen LogP) is 4.47. The summed E-state index contributed by atoms with van der Waals surface area (Å²) in [6.07, 6.45) is 0.762. The number of rotatable bonds is 4. The lowest BCUT2D eigenvalue weighted by Crippen LogP contribution is -2.30. The molecule has 0 aromatic heterocycles. The molecule has 0 aliphatic heterocycles. The molecule has 0 saturated heterocycles. The number of hydrogen-bond donors (Lipinski definition) is 2. The zero-order chi connectivity index (χ0) is 14.7. The van der Waals surface area contributed by atoms with Crippen molar-refractivity contribution in [1.82, 2.24) is 5.43 Å².